The summed E-state index contributed by atoms with van der Waals surface area (Å²) in [5.41, 5.74) is 1.68. The molecule has 0 spiro atoms. The van der Waals surface area contributed by atoms with Crippen LogP contribution in [0.2, 0.25) is 0 Å². The lowest BCUT2D eigenvalue weighted by Gasteiger charge is -2.23. The van der Waals surface area contributed by atoms with Crippen LogP contribution < -0.4 is 5.32 Å². The lowest BCUT2D eigenvalue weighted by Crippen LogP contribution is -2.30. The molecule has 4 heteroatoms. The predicted octanol–water partition coefficient (Wildman–Crippen LogP) is 1.73. The molecular formula is C12H14N2O2. The third-order valence-corrected chi connectivity index (χ3v) is 2.52. The van der Waals surface area contributed by atoms with Gasteiger partial charge in [-0.1, -0.05) is 0 Å². The quantitative estimate of drug-likeness (QED) is 0.839. The number of nitriles is 1. The minimum absolute atomic E-state index is 0.212. The zero-order valence-electron chi connectivity index (χ0n) is 8.98. The molecule has 2 rings (SSSR count). The molecule has 1 heterocycles. The van der Waals surface area contributed by atoms with Gasteiger partial charge in [0.25, 0.3) is 0 Å². The maximum atomic E-state index is 8.66. The van der Waals surface area contributed by atoms with Gasteiger partial charge in [0.1, 0.15) is 6.79 Å². The van der Waals surface area contributed by atoms with Crippen LogP contribution >= 0.6 is 0 Å². The van der Waals surface area contributed by atoms with Crippen molar-refractivity contribution in [1.29, 1.82) is 5.26 Å². The number of rotatable bonds is 3. The first-order valence-corrected chi connectivity index (χ1v) is 5.32. The molecule has 0 bridgehead atoms. The van der Waals surface area contributed by atoms with Crippen molar-refractivity contribution in [2.75, 3.05) is 25.3 Å². The topological polar surface area (TPSA) is 54.3 Å². The van der Waals surface area contributed by atoms with Crippen molar-refractivity contribution in [2.45, 2.75) is 12.5 Å². The Morgan fingerprint density at radius 1 is 1.38 bits per heavy atom. The van der Waals surface area contributed by atoms with Crippen LogP contribution in [0.3, 0.4) is 0 Å². The number of hydrogen-bond donors (Lipinski definition) is 1. The summed E-state index contributed by atoms with van der Waals surface area (Å²) in [7, 11) is 0. The molecule has 4 nitrogen and oxygen atoms in total. The van der Waals surface area contributed by atoms with Crippen molar-refractivity contribution in [3.8, 4) is 6.07 Å². The van der Waals surface area contributed by atoms with Crippen LogP contribution in [0.25, 0.3) is 0 Å². The van der Waals surface area contributed by atoms with E-state index in [1.807, 2.05) is 12.1 Å². The van der Waals surface area contributed by atoms with Gasteiger partial charge < -0.3 is 14.8 Å². The third kappa shape index (κ3) is 2.96. The van der Waals surface area contributed by atoms with Gasteiger partial charge in [0.15, 0.2) is 0 Å². The average Bonchev–Trinajstić information content (AvgIpc) is 2.38. The molecule has 1 aromatic carbocycles. The summed E-state index contributed by atoms with van der Waals surface area (Å²) in [6.07, 6.45) is 1.13. The SMILES string of the molecule is N#Cc1ccc(NCC2CCOCO2)cc1. The molecule has 1 aromatic rings. The van der Waals surface area contributed by atoms with Gasteiger partial charge in [0, 0.05) is 12.2 Å². The highest BCUT2D eigenvalue weighted by Crippen LogP contribution is 2.11. The minimum Gasteiger partial charge on any atom is -0.382 e. The number of nitrogens with one attached hydrogen (secondary N) is 1. The van der Waals surface area contributed by atoms with Crippen LogP contribution in [0.15, 0.2) is 24.3 Å². The zero-order valence-corrected chi connectivity index (χ0v) is 8.98. The number of anilines is 1. The molecule has 1 aliphatic rings. The first-order valence-electron chi connectivity index (χ1n) is 5.32. The van der Waals surface area contributed by atoms with E-state index in [2.05, 4.69) is 11.4 Å². The fraction of sp³-hybridized carbons (Fsp3) is 0.417. The molecule has 0 aromatic heterocycles. The second-order valence-corrected chi connectivity index (χ2v) is 3.67. The average molecular weight is 218 g/mol. The van der Waals surface area contributed by atoms with Crippen LogP contribution in [0, 0.1) is 11.3 Å². The highest BCUT2D eigenvalue weighted by Gasteiger charge is 2.13. The van der Waals surface area contributed by atoms with E-state index in [0.717, 1.165) is 25.3 Å². The van der Waals surface area contributed by atoms with E-state index in [1.165, 1.54) is 0 Å². The normalized spacial score (nSPS) is 20.1. The maximum absolute atomic E-state index is 8.66. The van der Waals surface area contributed by atoms with E-state index in [4.69, 9.17) is 14.7 Å². The third-order valence-electron chi connectivity index (χ3n) is 2.52. The van der Waals surface area contributed by atoms with E-state index in [9.17, 15) is 0 Å². The largest absolute Gasteiger partial charge is 0.382 e. The molecule has 16 heavy (non-hydrogen) atoms. The van der Waals surface area contributed by atoms with Crippen LogP contribution in [-0.4, -0.2) is 26.0 Å². The van der Waals surface area contributed by atoms with Gasteiger partial charge >= 0.3 is 0 Å². The number of benzene rings is 1. The number of nitrogens with zero attached hydrogens (tertiary/aromatic N) is 1. The molecule has 1 aliphatic heterocycles. The van der Waals surface area contributed by atoms with Crippen molar-refractivity contribution in [2.24, 2.45) is 0 Å². The second-order valence-electron chi connectivity index (χ2n) is 3.67. The van der Waals surface area contributed by atoms with E-state index < -0.39 is 0 Å². The Kier molecular flexibility index (Phi) is 3.76. The van der Waals surface area contributed by atoms with Gasteiger partial charge in [-0.15, -0.1) is 0 Å². The van der Waals surface area contributed by atoms with Crippen molar-refractivity contribution in [3.63, 3.8) is 0 Å². The van der Waals surface area contributed by atoms with Gasteiger partial charge in [-0.2, -0.15) is 5.26 Å². The summed E-state index contributed by atoms with van der Waals surface area (Å²) in [6, 6.07) is 9.49. The van der Waals surface area contributed by atoms with Crippen LogP contribution in [0.5, 0.6) is 0 Å². The van der Waals surface area contributed by atoms with Gasteiger partial charge in [-0.05, 0) is 30.7 Å². The molecule has 1 saturated heterocycles. The molecule has 84 valence electrons. The first kappa shape index (κ1) is 10.9. The van der Waals surface area contributed by atoms with Gasteiger partial charge in [0.05, 0.1) is 24.3 Å². The fourth-order valence-corrected chi connectivity index (χ4v) is 1.56. The molecule has 0 saturated carbocycles. The molecule has 0 aliphatic carbocycles. The smallest absolute Gasteiger partial charge is 0.147 e. The summed E-state index contributed by atoms with van der Waals surface area (Å²) in [4.78, 5) is 0. The summed E-state index contributed by atoms with van der Waals surface area (Å²) in [5.74, 6) is 0. The monoisotopic (exact) mass is 218 g/mol. The summed E-state index contributed by atoms with van der Waals surface area (Å²) in [5, 5.41) is 11.9. The lowest BCUT2D eigenvalue weighted by atomic mass is 10.2. The first-order chi connectivity index (χ1) is 7.88. The molecule has 1 unspecified atom stereocenters. The highest BCUT2D eigenvalue weighted by atomic mass is 16.7. The van der Waals surface area contributed by atoms with Gasteiger partial charge in [-0.25, -0.2) is 0 Å². The highest BCUT2D eigenvalue weighted by molar-refractivity contribution is 5.47. The van der Waals surface area contributed by atoms with Gasteiger partial charge in [0.2, 0.25) is 0 Å². The molecular weight excluding hydrogens is 204 g/mol. The minimum atomic E-state index is 0.212. The van der Waals surface area contributed by atoms with Crippen LogP contribution in [0.1, 0.15) is 12.0 Å². The summed E-state index contributed by atoms with van der Waals surface area (Å²) < 4.78 is 10.5. The Balaban J connectivity index is 1.82. The molecule has 1 fully saturated rings. The van der Waals surface area contributed by atoms with Crippen molar-refractivity contribution < 1.29 is 9.47 Å². The Bertz CT molecular complexity index is 364. The molecule has 1 atom stereocenters. The van der Waals surface area contributed by atoms with E-state index in [0.29, 0.717) is 12.4 Å². The predicted molar refractivity (Wildman–Crippen MR) is 60.0 cm³/mol. The number of ether oxygens (including phenoxy) is 2. The van der Waals surface area contributed by atoms with Crippen LogP contribution in [0.4, 0.5) is 5.69 Å². The standard InChI is InChI=1S/C12H14N2O2/c13-7-10-1-3-11(4-2-10)14-8-12-5-6-15-9-16-12/h1-4,12,14H,5-6,8-9H2. The Labute approximate surface area is 94.8 Å². The Morgan fingerprint density at radius 3 is 2.81 bits per heavy atom. The molecule has 1 N–H and O–H groups in total. The molecule has 0 radical (unpaired) electrons. The summed E-state index contributed by atoms with van der Waals surface area (Å²) >= 11 is 0. The summed E-state index contributed by atoms with van der Waals surface area (Å²) in [6.45, 7) is 1.93. The van der Waals surface area contributed by atoms with Crippen LogP contribution in [-0.2, 0) is 9.47 Å². The second kappa shape index (κ2) is 5.50. The zero-order chi connectivity index (χ0) is 11.2. The van der Waals surface area contributed by atoms with Crippen molar-refractivity contribution in [3.05, 3.63) is 29.8 Å². The maximum Gasteiger partial charge on any atom is 0.147 e. The molecule has 0 amide bonds. The Morgan fingerprint density at radius 2 is 2.19 bits per heavy atom. The Hall–Kier alpha value is -1.57. The van der Waals surface area contributed by atoms with Gasteiger partial charge in [-0.3, -0.25) is 0 Å². The van der Waals surface area contributed by atoms with Crippen molar-refractivity contribution >= 4 is 5.69 Å². The lowest BCUT2D eigenvalue weighted by molar-refractivity contribution is -0.133. The van der Waals surface area contributed by atoms with E-state index >= 15 is 0 Å². The van der Waals surface area contributed by atoms with Crippen molar-refractivity contribution in [1.82, 2.24) is 0 Å². The van der Waals surface area contributed by atoms with E-state index in [1.54, 1.807) is 12.1 Å². The fourth-order valence-electron chi connectivity index (χ4n) is 1.56. The number of hydrogen-bond acceptors (Lipinski definition) is 4. The van der Waals surface area contributed by atoms with E-state index in [-0.39, 0.29) is 6.10 Å².